The highest BCUT2D eigenvalue weighted by Gasteiger charge is 2.08. The second-order valence-corrected chi connectivity index (χ2v) is 5.79. The van der Waals surface area contributed by atoms with Gasteiger partial charge in [0.25, 0.3) is 0 Å². The number of halogens is 2. The van der Waals surface area contributed by atoms with Gasteiger partial charge in [-0.25, -0.2) is 0 Å². The molecule has 0 aliphatic heterocycles. The third kappa shape index (κ3) is 4.21. The van der Waals surface area contributed by atoms with Gasteiger partial charge in [-0.15, -0.1) is 0 Å². The van der Waals surface area contributed by atoms with Crippen LogP contribution in [0, 0.1) is 0 Å². The van der Waals surface area contributed by atoms with E-state index in [0.717, 1.165) is 0 Å². The number of hydrogen-bond donors (Lipinski definition) is 0. The van der Waals surface area contributed by atoms with Crippen molar-refractivity contribution in [2.45, 2.75) is 53.4 Å². The fourth-order valence-corrected chi connectivity index (χ4v) is 2.98. The lowest BCUT2D eigenvalue weighted by molar-refractivity contribution is 0.980. The van der Waals surface area contributed by atoms with Crippen molar-refractivity contribution >= 4 is 45.2 Å². The first kappa shape index (κ1) is 14.9. The summed E-state index contributed by atoms with van der Waals surface area (Å²) < 4.78 is 3.06. The van der Waals surface area contributed by atoms with E-state index in [-0.39, 0.29) is 0 Å². The summed E-state index contributed by atoms with van der Waals surface area (Å²) in [5.41, 5.74) is 3.17. The Labute approximate surface area is 116 Å². The van der Waals surface area contributed by atoms with Gasteiger partial charge in [0, 0.05) is 0 Å². The van der Waals surface area contributed by atoms with Crippen molar-refractivity contribution in [1.29, 1.82) is 0 Å². The Bertz CT molecular complexity index is 211. The van der Waals surface area contributed by atoms with Crippen LogP contribution in [0.25, 0.3) is 0 Å². The molecule has 0 amide bonds. The van der Waals surface area contributed by atoms with Crippen LogP contribution in [0.1, 0.15) is 53.4 Å². The Kier molecular flexibility index (Phi) is 8.68. The molecule has 0 spiro atoms. The molecule has 0 aliphatic rings. The van der Waals surface area contributed by atoms with Crippen LogP contribution in [0.5, 0.6) is 0 Å². The molecule has 0 saturated carbocycles. The van der Waals surface area contributed by atoms with E-state index in [0.29, 0.717) is 0 Å². The molecule has 0 aliphatic carbocycles. The standard InChI is InChI=1S/C12H20I2/c1-5-9(11(13)7-3)10(6-2)12(14)8-4/h5-8H2,1-4H3/b11-9-,12-10-. The van der Waals surface area contributed by atoms with E-state index in [1.54, 1.807) is 11.1 Å². The summed E-state index contributed by atoms with van der Waals surface area (Å²) >= 11 is 5.00. The van der Waals surface area contributed by atoms with Gasteiger partial charge in [-0.1, -0.05) is 27.7 Å². The minimum absolute atomic E-state index is 1.17. The van der Waals surface area contributed by atoms with Gasteiger partial charge in [0.1, 0.15) is 0 Å². The van der Waals surface area contributed by atoms with Gasteiger partial charge in [-0.05, 0) is 89.2 Å². The molecule has 0 unspecified atom stereocenters. The minimum Gasteiger partial charge on any atom is -0.0613 e. The van der Waals surface area contributed by atoms with Crippen molar-refractivity contribution in [3.05, 3.63) is 18.3 Å². The van der Waals surface area contributed by atoms with E-state index in [1.165, 1.54) is 32.8 Å². The van der Waals surface area contributed by atoms with Crippen molar-refractivity contribution in [3.8, 4) is 0 Å². The molecule has 82 valence electrons. The van der Waals surface area contributed by atoms with Gasteiger partial charge >= 0.3 is 0 Å². The Morgan fingerprint density at radius 2 is 0.929 bits per heavy atom. The summed E-state index contributed by atoms with van der Waals surface area (Å²) in [5, 5.41) is 0. The summed E-state index contributed by atoms with van der Waals surface area (Å²) in [6.07, 6.45) is 4.67. The van der Waals surface area contributed by atoms with Crippen molar-refractivity contribution < 1.29 is 0 Å². The molecule has 0 N–H and O–H groups in total. The fraction of sp³-hybridized carbons (Fsp3) is 0.667. The Balaban J connectivity index is 5.19. The highest BCUT2D eigenvalue weighted by molar-refractivity contribution is 14.1. The second-order valence-electron chi connectivity index (χ2n) is 3.18. The van der Waals surface area contributed by atoms with Crippen LogP contribution in [0.3, 0.4) is 0 Å². The predicted molar refractivity (Wildman–Crippen MR) is 83.3 cm³/mol. The molecular formula is C12H20I2. The average Bonchev–Trinajstić information content (AvgIpc) is 2.23. The van der Waals surface area contributed by atoms with Crippen LogP contribution >= 0.6 is 45.2 Å². The maximum Gasteiger partial charge on any atom is -0.00619 e. The van der Waals surface area contributed by atoms with Gasteiger partial charge in [0.15, 0.2) is 0 Å². The molecule has 0 nitrogen and oxygen atoms in total. The first-order valence-electron chi connectivity index (χ1n) is 5.37. The molecule has 0 aromatic rings. The molecule has 0 bridgehead atoms. The van der Waals surface area contributed by atoms with Gasteiger partial charge in [-0.3, -0.25) is 0 Å². The minimum atomic E-state index is 1.17. The third-order valence-corrected chi connectivity index (χ3v) is 5.17. The average molecular weight is 418 g/mol. The number of rotatable bonds is 5. The molecule has 0 aromatic carbocycles. The van der Waals surface area contributed by atoms with Crippen LogP contribution in [0.4, 0.5) is 0 Å². The quantitative estimate of drug-likeness (QED) is 0.379. The maximum absolute atomic E-state index is 2.50. The maximum atomic E-state index is 2.50. The highest BCUT2D eigenvalue weighted by atomic mass is 127. The molecule has 0 atom stereocenters. The summed E-state index contributed by atoms with van der Waals surface area (Å²) in [5.74, 6) is 0. The van der Waals surface area contributed by atoms with Crippen molar-refractivity contribution in [1.82, 2.24) is 0 Å². The third-order valence-electron chi connectivity index (χ3n) is 2.35. The van der Waals surface area contributed by atoms with Crippen molar-refractivity contribution in [2.24, 2.45) is 0 Å². The fourth-order valence-electron chi connectivity index (χ4n) is 1.56. The molecule has 0 rings (SSSR count). The normalized spacial score (nSPS) is 15.0. The lowest BCUT2D eigenvalue weighted by atomic mass is 9.99. The first-order valence-corrected chi connectivity index (χ1v) is 7.53. The molecule has 0 aromatic heterocycles. The molecular weight excluding hydrogens is 398 g/mol. The van der Waals surface area contributed by atoms with Crippen LogP contribution in [0.2, 0.25) is 0 Å². The lowest BCUT2D eigenvalue weighted by Gasteiger charge is -2.13. The topological polar surface area (TPSA) is 0 Å². The van der Waals surface area contributed by atoms with E-state index >= 15 is 0 Å². The van der Waals surface area contributed by atoms with Crippen molar-refractivity contribution in [2.75, 3.05) is 0 Å². The van der Waals surface area contributed by atoms with E-state index < -0.39 is 0 Å². The summed E-state index contributed by atoms with van der Waals surface area (Å²) in [6, 6.07) is 0. The molecule has 0 fully saturated rings. The number of hydrogen-bond acceptors (Lipinski definition) is 0. The zero-order valence-corrected chi connectivity index (χ0v) is 13.9. The Hall–Kier alpha value is 0.940. The SMILES string of the molecule is CC/C(I)=C(CC)/C(CC)=C(\I)CC. The lowest BCUT2D eigenvalue weighted by Crippen LogP contribution is -1.93. The van der Waals surface area contributed by atoms with Gasteiger partial charge < -0.3 is 0 Å². The van der Waals surface area contributed by atoms with E-state index in [9.17, 15) is 0 Å². The van der Waals surface area contributed by atoms with E-state index in [4.69, 9.17) is 0 Å². The summed E-state index contributed by atoms with van der Waals surface area (Å²) in [4.78, 5) is 0. The Morgan fingerprint density at radius 1 is 0.643 bits per heavy atom. The number of allylic oxidation sites excluding steroid dienone is 4. The molecule has 0 radical (unpaired) electrons. The predicted octanol–water partition coefficient (Wildman–Crippen LogP) is 6.00. The van der Waals surface area contributed by atoms with Gasteiger partial charge in [0.05, 0.1) is 0 Å². The molecule has 0 saturated heterocycles. The summed E-state index contributed by atoms with van der Waals surface area (Å²) in [6.45, 7) is 9.00. The molecule has 14 heavy (non-hydrogen) atoms. The van der Waals surface area contributed by atoms with E-state index in [2.05, 4.69) is 72.9 Å². The second kappa shape index (κ2) is 8.13. The highest BCUT2D eigenvalue weighted by Crippen LogP contribution is 2.32. The van der Waals surface area contributed by atoms with Gasteiger partial charge in [-0.2, -0.15) is 0 Å². The Morgan fingerprint density at radius 3 is 1.07 bits per heavy atom. The zero-order chi connectivity index (χ0) is 11.1. The molecule has 2 heteroatoms. The largest absolute Gasteiger partial charge is 0.0613 e. The van der Waals surface area contributed by atoms with Crippen LogP contribution in [-0.2, 0) is 0 Å². The first-order chi connectivity index (χ1) is 6.62. The summed E-state index contributed by atoms with van der Waals surface area (Å²) in [7, 11) is 0. The van der Waals surface area contributed by atoms with Gasteiger partial charge in [0.2, 0.25) is 0 Å². The van der Waals surface area contributed by atoms with Crippen LogP contribution < -0.4 is 0 Å². The smallest absolute Gasteiger partial charge is 0.00619 e. The van der Waals surface area contributed by atoms with Crippen molar-refractivity contribution in [3.63, 3.8) is 0 Å². The van der Waals surface area contributed by atoms with Crippen LogP contribution in [0.15, 0.2) is 18.3 Å². The van der Waals surface area contributed by atoms with Crippen LogP contribution in [-0.4, -0.2) is 0 Å². The zero-order valence-electron chi connectivity index (χ0n) is 9.58. The van der Waals surface area contributed by atoms with E-state index in [1.807, 2.05) is 0 Å². The molecule has 0 heterocycles. The monoisotopic (exact) mass is 418 g/mol.